The summed E-state index contributed by atoms with van der Waals surface area (Å²) in [6.07, 6.45) is 0.833. The Morgan fingerprint density at radius 3 is 2.93 bits per heavy atom. The van der Waals surface area contributed by atoms with Gasteiger partial charge in [-0.2, -0.15) is 0 Å². The number of nitrogens with one attached hydrogen (secondary N) is 1. The predicted octanol–water partition coefficient (Wildman–Crippen LogP) is 0.901. The van der Waals surface area contributed by atoms with Crippen molar-refractivity contribution in [1.29, 1.82) is 0 Å². The van der Waals surface area contributed by atoms with Crippen LogP contribution in [0, 0.1) is 0 Å². The van der Waals surface area contributed by atoms with Crippen molar-refractivity contribution in [2.45, 2.75) is 19.4 Å². The monoisotopic (exact) mass is 229 g/mol. The van der Waals surface area contributed by atoms with E-state index in [4.69, 9.17) is 4.42 Å². The van der Waals surface area contributed by atoms with Crippen molar-refractivity contribution in [1.82, 2.24) is 5.32 Å². The molecule has 1 N–H and O–H groups in total. The lowest BCUT2D eigenvalue weighted by molar-refractivity contribution is 0.406. The molecule has 1 aromatic rings. The minimum absolute atomic E-state index is 0.143. The Bertz CT molecular complexity index is 435. The topological polar surface area (TPSA) is 59.3 Å². The summed E-state index contributed by atoms with van der Waals surface area (Å²) in [6.45, 7) is 2.52. The van der Waals surface area contributed by atoms with Gasteiger partial charge in [0.1, 0.15) is 11.5 Å². The van der Waals surface area contributed by atoms with Gasteiger partial charge >= 0.3 is 0 Å². The molecule has 0 saturated carbocycles. The highest BCUT2D eigenvalue weighted by molar-refractivity contribution is 7.91. The van der Waals surface area contributed by atoms with Crippen LogP contribution in [0.15, 0.2) is 16.5 Å². The van der Waals surface area contributed by atoms with Crippen molar-refractivity contribution in [3.05, 3.63) is 23.7 Å². The van der Waals surface area contributed by atoms with Crippen LogP contribution >= 0.6 is 0 Å². The lowest BCUT2D eigenvalue weighted by atomic mass is 10.2. The van der Waals surface area contributed by atoms with E-state index in [-0.39, 0.29) is 17.5 Å². The summed E-state index contributed by atoms with van der Waals surface area (Å²) in [7, 11) is -2.90. The molecule has 1 atom stereocenters. The average Bonchev–Trinajstić information content (AvgIpc) is 2.64. The number of furan rings is 1. The molecule has 1 aliphatic rings. The van der Waals surface area contributed by atoms with E-state index in [2.05, 4.69) is 5.32 Å². The molecule has 1 fully saturated rings. The Hall–Kier alpha value is -0.810. The summed E-state index contributed by atoms with van der Waals surface area (Å²) in [5.74, 6) is 2.00. The van der Waals surface area contributed by atoms with Gasteiger partial charge in [-0.3, -0.25) is 0 Å². The van der Waals surface area contributed by atoms with Crippen molar-refractivity contribution in [3.63, 3.8) is 0 Å². The molecule has 84 valence electrons. The first kappa shape index (κ1) is 10.7. The molecule has 0 aromatic carbocycles. The van der Waals surface area contributed by atoms with E-state index in [0.29, 0.717) is 6.54 Å². The molecule has 15 heavy (non-hydrogen) atoms. The Labute approximate surface area is 89.6 Å². The van der Waals surface area contributed by atoms with Crippen LogP contribution in [0.25, 0.3) is 0 Å². The molecule has 0 unspecified atom stereocenters. The van der Waals surface area contributed by atoms with Crippen molar-refractivity contribution in [2.24, 2.45) is 0 Å². The number of sulfone groups is 1. The zero-order valence-corrected chi connectivity index (χ0v) is 9.51. The summed E-state index contributed by atoms with van der Waals surface area (Å²) < 4.78 is 28.4. The zero-order chi connectivity index (χ0) is 10.9. The highest BCUT2D eigenvalue weighted by Gasteiger charge is 2.27. The second kappa shape index (κ2) is 3.98. The molecular formula is C10H15NO3S. The van der Waals surface area contributed by atoms with E-state index in [9.17, 15) is 8.42 Å². The summed E-state index contributed by atoms with van der Waals surface area (Å²) in [4.78, 5) is 0. The van der Waals surface area contributed by atoms with Gasteiger partial charge in [0.25, 0.3) is 0 Å². The van der Waals surface area contributed by atoms with Crippen molar-refractivity contribution < 1.29 is 12.8 Å². The lowest BCUT2D eigenvalue weighted by Crippen LogP contribution is -2.38. The van der Waals surface area contributed by atoms with Gasteiger partial charge in [-0.1, -0.05) is 6.92 Å². The van der Waals surface area contributed by atoms with Gasteiger partial charge in [0.05, 0.1) is 17.5 Å². The maximum atomic E-state index is 11.4. The normalized spacial score (nSPS) is 25.3. The molecule has 0 spiro atoms. The molecule has 0 radical (unpaired) electrons. The highest BCUT2D eigenvalue weighted by atomic mass is 32.2. The maximum Gasteiger partial charge on any atom is 0.153 e. The first-order valence-corrected chi connectivity index (χ1v) is 6.95. The summed E-state index contributed by atoms with van der Waals surface area (Å²) in [6, 6.07) is 3.58. The van der Waals surface area contributed by atoms with Crippen molar-refractivity contribution in [3.8, 4) is 0 Å². The summed E-state index contributed by atoms with van der Waals surface area (Å²) in [5.41, 5.74) is 0. The largest absolute Gasteiger partial charge is 0.464 e. The van der Waals surface area contributed by atoms with Crippen LogP contribution in [0.1, 0.15) is 24.5 Å². The molecule has 5 heteroatoms. The van der Waals surface area contributed by atoms with Crippen molar-refractivity contribution >= 4 is 9.84 Å². The van der Waals surface area contributed by atoms with E-state index < -0.39 is 9.84 Å². The summed E-state index contributed by atoms with van der Waals surface area (Å²) in [5, 5.41) is 3.16. The fourth-order valence-electron chi connectivity index (χ4n) is 1.74. The van der Waals surface area contributed by atoms with Crippen LogP contribution in [0.3, 0.4) is 0 Å². The molecule has 2 rings (SSSR count). The first-order valence-electron chi connectivity index (χ1n) is 5.13. The van der Waals surface area contributed by atoms with Gasteiger partial charge in [-0.15, -0.1) is 0 Å². The van der Waals surface area contributed by atoms with E-state index in [1.807, 2.05) is 19.1 Å². The van der Waals surface area contributed by atoms with Gasteiger partial charge < -0.3 is 9.73 Å². The SMILES string of the molecule is CCc1ccc([C@@H]2CS(=O)(=O)CCN2)o1. The molecule has 0 amide bonds. The Morgan fingerprint density at radius 1 is 1.53 bits per heavy atom. The van der Waals surface area contributed by atoms with E-state index in [0.717, 1.165) is 17.9 Å². The number of hydrogen-bond acceptors (Lipinski definition) is 4. The minimum atomic E-state index is -2.90. The van der Waals surface area contributed by atoms with Gasteiger partial charge in [-0.05, 0) is 12.1 Å². The molecule has 1 saturated heterocycles. The lowest BCUT2D eigenvalue weighted by Gasteiger charge is -2.21. The van der Waals surface area contributed by atoms with Gasteiger partial charge in [0, 0.05) is 13.0 Å². The number of rotatable bonds is 2. The molecule has 2 heterocycles. The molecule has 4 nitrogen and oxygen atoms in total. The number of hydrogen-bond donors (Lipinski definition) is 1. The minimum Gasteiger partial charge on any atom is -0.464 e. The Kier molecular flexibility index (Phi) is 2.84. The van der Waals surface area contributed by atoms with Crippen LogP contribution in [0.5, 0.6) is 0 Å². The van der Waals surface area contributed by atoms with E-state index >= 15 is 0 Å². The van der Waals surface area contributed by atoms with E-state index in [1.165, 1.54) is 0 Å². The van der Waals surface area contributed by atoms with E-state index in [1.54, 1.807) is 0 Å². The Balaban J connectivity index is 2.17. The van der Waals surface area contributed by atoms with Gasteiger partial charge in [0.15, 0.2) is 9.84 Å². The van der Waals surface area contributed by atoms with Crippen LogP contribution in [-0.2, 0) is 16.3 Å². The van der Waals surface area contributed by atoms with Crippen LogP contribution in [-0.4, -0.2) is 26.5 Å². The standard InChI is InChI=1S/C10H15NO3S/c1-2-8-3-4-10(14-8)9-7-15(12,13)6-5-11-9/h3-4,9,11H,2,5-7H2,1H3/t9-/m0/s1. The van der Waals surface area contributed by atoms with Gasteiger partial charge in [0.2, 0.25) is 0 Å². The van der Waals surface area contributed by atoms with Crippen LogP contribution in [0.4, 0.5) is 0 Å². The van der Waals surface area contributed by atoms with Crippen molar-refractivity contribution in [2.75, 3.05) is 18.1 Å². The quantitative estimate of drug-likeness (QED) is 0.818. The molecular weight excluding hydrogens is 214 g/mol. The highest BCUT2D eigenvalue weighted by Crippen LogP contribution is 2.21. The first-order chi connectivity index (χ1) is 7.11. The molecule has 1 aliphatic heterocycles. The Morgan fingerprint density at radius 2 is 2.33 bits per heavy atom. The fraction of sp³-hybridized carbons (Fsp3) is 0.600. The molecule has 1 aromatic heterocycles. The second-order valence-corrected chi connectivity index (χ2v) is 6.01. The summed E-state index contributed by atoms with van der Waals surface area (Å²) >= 11 is 0. The predicted molar refractivity (Wildman–Crippen MR) is 57.5 cm³/mol. The third kappa shape index (κ3) is 2.41. The molecule has 0 aliphatic carbocycles. The molecule has 0 bridgehead atoms. The zero-order valence-electron chi connectivity index (χ0n) is 8.69. The maximum absolute atomic E-state index is 11.4. The number of aryl methyl sites for hydroxylation is 1. The third-order valence-corrected chi connectivity index (χ3v) is 4.27. The third-order valence-electron chi connectivity index (χ3n) is 2.60. The fourth-order valence-corrected chi connectivity index (χ4v) is 3.12. The smallest absolute Gasteiger partial charge is 0.153 e. The van der Waals surface area contributed by atoms with Crippen LogP contribution in [0.2, 0.25) is 0 Å². The van der Waals surface area contributed by atoms with Gasteiger partial charge in [-0.25, -0.2) is 8.42 Å². The average molecular weight is 229 g/mol. The van der Waals surface area contributed by atoms with Crippen LogP contribution < -0.4 is 5.32 Å². The second-order valence-electron chi connectivity index (χ2n) is 3.78.